The van der Waals surface area contributed by atoms with Crippen molar-refractivity contribution < 1.29 is 9.53 Å². The number of methoxy groups -OCH3 is 1. The Labute approximate surface area is 107 Å². The van der Waals surface area contributed by atoms with Crippen molar-refractivity contribution in [1.82, 2.24) is 0 Å². The van der Waals surface area contributed by atoms with E-state index in [9.17, 15) is 4.79 Å². The van der Waals surface area contributed by atoms with Gasteiger partial charge in [0.1, 0.15) is 5.75 Å². The number of hydrogen-bond donors (Lipinski definition) is 0. The smallest absolute Gasteiger partial charge is 0.222 e. The summed E-state index contributed by atoms with van der Waals surface area (Å²) in [5.41, 5.74) is 2.32. The second-order valence-corrected chi connectivity index (χ2v) is 5.17. The first kappa shape index (κ1) is 12.4. The van der Waals surface area contributed by atoms with E-state index in [1.54, 1.807) is 7.11 Å². The van der Waals surface area contributed by atoms with E-state index < -0.39 is 0 Å². The van der Waals surface area contributed by atoms with Crippen molar-refractivity contribution in [3.63, 3.8) is 0 Å². The lowest BCUT2D eigenvalue weighted by Gasteiger charge is -2.18. The minimum absolute atomic E-state index is 0.217. The van der Waals surface area contributed by atoms with Crippen LogP contribution in [-0.2, 0) is 4.79 Å². The lowest BCUT2D eigenvalue weighted by molar-refractivity contribution is -0.112. The van der Waals surface area contributed by atoms with Gasteiger partial charge in [-0.1, -0.05) is 17.7 Å². The summed E-state index contributed by atoms with van der Waals surface area (Å²) in [4.78, 5) is 11.2. The van der Waals surface area contributed by atoms with E-state index in [4.69, 9.17) is 16.3 Å². The summed E-state index contributed by atoms with van der Waals surface area (Å²) < 4.78 is 5.39. The molecular weight excluding hydrogens is 236 g/mol. The van der Waals surface area contributed by atoms with E-state index in [1.807, 2.05) is 12.1 Å². The molecule has 92 valence electrons. The molecule has 0 bridgehead atoms. The minimum atomic E-state index is -0.259. The molecular formula is C14H17ClO2. The molecule has 0 amide bonds. The Morgan fingerprint density at radius 2 is 2.24 bits per heavy atom. The van der Waals surface area contributed by atoms with Crippen LogP contribution in [0.25, 0.3) is 0 Å². The van der Waals surface area contributed by atoms with Gasteiger partial charge in [-0.15, -0.1) is 0 Å². The molecule has 0 N–H and O–H groups in total. The monoisotopic (exact) mass is 252 g/mol. The first-order valence-corrected chi connectivity index (χ1v) is 6.32. The molecule has 1 aromatic rings. The molecule has 1 aliphatic rings. The van der Waals surface area contributed by atoms with Crippen LogP contribution in [0.4, 0.5) is 0 Å². The molecule has 0 spiro atoms. The van der Waals surface area contributed by atoms with Gasteiger partial charge in [-0.3, -0.25) is 4.79 Å². The van der Waals surface area contributed by atoms with Crippen LogP contribution in [0.5, 0.6) is 5.75 Å². The second-order valence-electron chi connectivity index (χ2n) is 4.75. The van der Waals surface area contributed by atoms with Gasteiger partial charge in [-0.2, -0.15) is 0 Å². The van der Waals surface area contributed by atoms with E-state index in [1.165, 1.54) is 18.4 Å². The number of aryl methyl sites for hydroxylation is 1. The van der Waals surface area contributed by atoms with Crippen LogP contribution < -0.4 is 4.74 Å². The Bertz CT molecular complexity index is 424. The van der Waals surface area contributed by atoms with Gasteiger partial charge in [0.15, 0.2) is 0 Å². The van der Waals surface area contributed by atoms with Crippen LogP contribution in [0, 0.1) is 12.8 Å². The summed E-state index contributed by atoms with van der Waals surface area (Å²) in [6.07, 6.45) is 2.78. The second kappa shape index (κ2) is 5.09. The fourth-order valence-electron chi connectivity index (χ4n) is 2.35. The molecule has 3 heteroatoms. The Balaban J connectivity index is 2.33. The quantitative estimate of drug-likeness (QED) is 0.748. The summed E-state index contributed by atoms with van der Waals surface area (Å²) in [6, 6.07) is 6.11. The van der Waals surface area contributed by atoms with Crippen LogP contribution in [0.2, 0.25) is 0 Å². The van der Waals surface area contributed by atoms with Crippen molar-refractivity contribution in [2.75, 3.05) is 7.11 Å². The molecule has 0 aliphatic heterocycles. The fourth-order valence-corrected chi connectivity index (χ4v) is 2.51. The average molecular weight is 253 g/mol. The van der Waals surface area contributed by atoms with Gasteiger partial charge in [-0.05, 0) is 54.8 Å². The van der Waals surface area contributed by atoms with Crippen LogP contribution in [0.1, 0.15) is 36.3 Å². The highest BCUT2D eigenvalue weighted by Gasteiger charge is 2.34. The van der Waals surface area contributed by atoms with Crippen molar-refractivity contribution in [3.8, 4) is 5.75 Å². The maximum absolute atomic E-state index is 11.2. The number of halogens is 1. The first-order chi connectivity index (χ1) is 8.11. The maximum Gasteiger partial charge on any atom is 0.222 e. The fraction of sp³-hybridized carbons (Fsp3) is 0.500. The molecule has 0 radical (unpaired) electrons. The molecule has 1 aromatic carbocycles. The zero-order chi connectivity index (χ0) is 12.4. The minimum Gasteiger partial charge on any atom is -0.496 e. The zero-order valence-electron chi connectivity index (χ0n) is 10.2. The number of benzene rings is 1. The largest absolute Gasteiger partial charge is 0.496 e. The summed E-state index contributed by atoms with van der Waals surface area (Å²) in [5.74, 6) is 1.67. The van der Waals surface area contributed by atoms with E-state index in [-0.39, 0.29) is 11.2 Å². The van der Waals surface area contributed by atoms with Crippen molar-refractivity contribution in [3.05, 3.63) is 29.3 Å². The SMILES string of the molecule is COc1ccc(C)cc1C(CC(=O)Cl)C1CC1. The summed E-state index contributed by atoms with van der Waals surface area (Å²) in [6.45, 7) is 2.05. The number of hydrogen-bond acceptors (Lipinski definition) is 2. The summed E-state index contributed by atoms with van der Waals surface area (Å²) in [5, 5.41) is -0.259. The highest BCUT2D eigenvalue weighted by Crippen LogP contribution is 2.47. The molecule has 0 aromatic heterocycles. The van der Waals surface area contributed by atoms with E-state index in [0.717, 1.165) is 11.3 Å². The average Bonchev–Trinajstić information content (AvgIpc) is 3.09. The molecule has 1 atom stereocenters. The molecule has 1 fully saturated rings. The predicted molar refractivity (Wildman–Crippen MR) is 68.7 cm³/mol. The van der Waals surface area contributed by atoms with Crippen molar-refractivity contribution >= 4 is 16.8 Å². The Hall–Kier alpha value is -1.02. The molecule has 2 nitrogen and oxygen atoms in total. The number of carbonyl (C=O) groups excluding carboxylic acids is 1. The Morgan fingerprint density at radius 3 is 2.76 bits per heavy atom. The number of rotatable bonds is 5. The standard InChI is InChI=1S/C14H17ClO2/c1-9-3-6-13(17-2)12(7-9)11(8-14(15)16)10-4-5-10/h3,6-7,10-11H,4-5,8H2,1-2H3. The zero-order valence-corrected chi connectivity index (χ0v) is 11.0. The molecule has 1 aliphatic carbocycles. The third-order valence-electron chi connectivity index (χ3n) is 3.36. The van der Waals surface area contributed by atoms with Gasteiger partial charge < -0.3 is 4.74 Å². The van der Waals surface area contributed by atoms with Gasteiger partial charge in [0.25, 0.3) is 0 Å². The van der Waals surface area contributed by atoms with E-state index >= 15 is 0 Å². The van der Waals surface area contributed by atoms with Crippen molar-refractivity contribution in [2.45, 2.75) is 32.1 Å². The number of ether oxygens (including phenoxy) is 1. The lowest BCUT2D eigenvalue weighted by atomic mass is 9.89. The molecule has 2 rings (SSSR count). The Kier molecular flexibility index (Phi) is 3.72. The highest BCUT2D eigenvalue weighted by atomic mass is 35.5. The predicted octanol–water partition coefficient (Wildman–Crippen LogP) is 3.65. The van der Waals surface area contributed by atoms with Crippen LogP contribution in [0.3, 0.4) is 0 Å². The van der Waals surface area contributed by atoms with E-state index in [2.05, 4.69) is 13.0 Å². The van der Waals surface area contributed by atoms with Crippen molar-refractivity contribution in [2.24, 2.45) is 5.92 Å². The molecule has 1 unspecified atom stereocenters. The van der Waals surface area contributed by atoms with Crippen molar-refractivity contribution in [1.29, 1.82) is 0 Å². The van der Waals surface area contributed by atoms with Crippen LogP contribution in [-0.4, -0.2) is 12.4 Å². The molecule has 1 saturated carbocycles. The highest BCUT2D eigenvalue weighted by molar-refractivity contribution is 6.63. The molecule has 17 heavy (non-hydrogen) atoms. The van der Waals surface area contributed by atoms with Gasteiger partial charge in [-0.25, -0.2) is 0 Å². The van der Waals surface area contributed by atoms with Crippen LogP contribution >= 0.6 is 11.6 Å². The number of carbonyl (C=O) groups is 1. The summed E-state index contributed by atoms with van der Waals surface area (Å²) >= 11 is 5.55. The van der Waals surface area contributed by atoms with Gasteiger partial charge >= 0.3 is 0 Å². The molecule has 0 heterocycles. The first-order valence-electron chi connectivity index (χ1n) is 5.94. The topological polar surface area (TPSA) is 26.3 Å². The Morgan fingerprint density at radius 1 is 1.53 bits per heavy atom. The van der Waals surface area contributed by atoms with E-state index in [0.29, 0.717) is 12.3 Å². The maximum atomic E-state index is 11.2. The lowest BCUT2D eigenvalue weighted by Crippen LogP contribution is -2.07. The van der Waals surface area contributed by atoms with Crippen LogP contribution in [0.15, 0.2) is 18.2 Å². The molecule has 0 saturated heterocycles. The third-order valence-corrected chi connectivity index (χ3v) is 3.51. The van der Waals surface area contributed by atoms with Gasteiger partial charge in [0, 0.05) is 6.42 Å². The third kappa shape index (κ3) is 3.01. The van der Waals surface area contributed by atoms with Gasteiger partial charge in [0.2, 0.25) is 5.24 Å². The normalized spacial score (nSPS) is 16.6. The summed E-state index contributed by atoms with van der Waals surface area (Å²) in [7, 11) is 1.67. The van der Waals surface area contributed by atoms with Gasteiger partial charge in [0.05, 0.1) is 7.11 Å².